The van der Waals surface area contributed by atoms with Gasteiger partial charge in [0.05, 0.1) is 16.3 Å². The maximum Gasteiger partial charge on any atom is 0.152 e. The van der Waals surface area contributed by atoms with Crippen molar-refractivity contribution in [2.45, 2.75) is 44.9 Å². The summed E-state index contributed by atoms with van der Waals surface area (Å²) in [7, 11) is 0. The van der Waals surface area contributed by atoms with Crippen molar-refractivity contribution < 1.29 is 9.84 Å². The number of aliphatic hydroxyl groups excluding tert-OH is 1. The minimum absolute atomic E-state index is 0.111. The van der Waals surface area contributed by atoms with Crippen molar-refractivity contribution in [3.63, 3.8) is 0 Å². The fraction of sp³-hybridized carbons (Fsp3) is 0.533. The number of hydrogen-bond donors (Lipinski definition) is 2. The van der Waals surface area contributed by atoms with Crippen molar-refractivity contribution in [2.24, 2.45) is 0 Å². The van der Waals surface area contributed by atoms with E-state index in [2.05, 4.69) is 23.3 Å². The number of fused-ring (bicyclic) bond motifs is 3. The van der Waals surface area contributed by atoms with Crippen molar-refractivity contribution >= 4 is 21.6 Å². The van der Waals surface area contributed by atoms with E-state index < -0.39 is 11.7 Å². The van der Waals surface area contributed by atoms with Crippen molar-refractivity contribution in [1.82, 2.24) is 10.3 Å². The molecule has 0 spiro atoms. The molecule has 1 aromatic carbocycles. The molecule has 2 unspecified atom stereocenters. The summed E-state index contributed by atoms with van der Waals surface area (Å²) in [5, 5.41) is 14.0. The van der Waals surface area contributed by atoms with Gasteiger partial charge in [0.2, 0.25) is 0 Å². The Balaban J connectivity index is 2.12. The van der Waals surface area contributed by atoms with Crippen molar-refractivity contribution in [3.8, 4) is 5.75 Å². The van der Waals surface area contributed by atoms with Gasteiger partial charge in [0.15, 0.2) is 5.75 Å². The minimum atomic E-state index is -0.629. The Kier molecular flexibility index (Phi) is 3.44. The number of benzene rings is 1. The molecular formula is C15H20N2O2S. The number of rotatable bonds is 3. The molecule has 4 nitrogen and oxygen atoms in total. The molecule has 1 aliphatic rings. The first-order valence-electron chi connectivity index (χ1n) is 7.01. The highest BCUT2D eigenvalue weighted by atomic mass is 32.1. The van der Waals surface area contributed by atoms with Crippen LogP contribution in [0.5, 0.6) is 5.75 Å². The smallest absolute Gasteiger partial charge is 0.152 e. The summed E-state index contributed by atoms with van der Waals surface area (Å²) in [6, 6.07) is 3.99. The summed E-state index contributed by atoms with van der Waals surface area (Å²) < 4.78 is 7.18. The number of thiazole rings is 1. The topological polar surface area (TPSA) is 54.4 Å². The Morgan fingerprint density at radius 3 is 3.00 bits per heavy atom. The quantitative estimate of drug-likeness (QED) is 0.913. The van der Waals surface area contributed by atoms with Gasteiger partial charge < -0.3 is 15.2 Å². The summed E-state index contributed by atoms with van der Waals surface area (Å²) >= 11 is 1.61. The molecule has 2 N–H and O–H groups in total. The van der Waals surface area contributed by atoms with Gasteiger partial charge in [0.1, 0.15) is 17.2 Å². The SMILES string of the molecule is CCCNC1c2ccc3scnc3c2OC(C)(C)C1O. The van der Waals surface area contributed by atoms with E-state index in [1.807, 2.05) is 25.4 Å². The number of aliphatic hydroxyl groups is 1. The first-order valence-corrected chi connectivity index (χ1v) is 7.89. The highest BCUT2D eigenvalue weighted by Gasteiger charge is 2.43. The molecule has 0 radical (unpaired) electrons. The Morgan fingerprint density at radius 2 is 2.25 bits per heavy atom. The van der Waals surface area contributed by atoms with Gasteiger partial charge in [-0.15, -0.1) is 11.3 Å². The van der Waals surface area contributed by atoms with Crippen LogP contribution in [-0.4, -0.2) is 28.3 Å². The average Bonchev–Trinajstić information content (AvgIpc) is 2.88. The van der Waals surface area contributed by atoms with Crippen LogP contribution in [0.1, 0.15) is 38.8 Å². The zero-order valence-corrected chi connectivity index (χ0v) is 12.8. The summed E-state index contributed by atoms with van der Waals surface area (Å²) in [6.07, 6.45) is 0.441. The van der Waals surface area contributed by atoms with Crippen LogP contribution in [0.2, 0.25) is 0 Å². The van der Waals surface area contributed by atoms with E-state index in [9.17, 15) is 5.11 Å². The molecule has 0 fully saturated rings. The van der Waals surface area contributed by atoms with Crippen LogP contribution in [0.3, 0.4) is 0 Å². The lowest BCUT2D eigenvalue weighted by Gasteiger charge is -2.42. The van der Waals surface area contributed by atoms with Crippen molar-refractivity contribution in [2.75, 3.05) is 6.54 Å². The lowest BCUT2D eigenvalue weighted by Crippen LogP contribution is -2.52. The van der Waals surface area contributed by atoms with Crippen LogP contribution in [-0.2, 0) is 0 Å². The van der Waals surface area contributed by atoms with Crippen LogP contribution in [0.15, 0.2) is 17.6 Å². The van der Waals surface area contributed by atoms with E-state index in [1.165, 1.54) is 0 Å². The third-order valence-electron chi connectivity index (χ3n) is 3.83. The summed E-state index contributed by atoms with van der Waals surface area (Å²) in [5.74, 6) is 0.813. The molecule has 3 rings (SSSR count). The largest absolute Gasteiger partial charge is 0.482 e. The van der Waals surface area contributed by atoms with Crippen molar-refractivity contribution in [1.29, 1.82) is 0 Å². The lowest BCUT2D eigenvalue weighted by atomic mass is 9.86. The van der Waals surface area contributed by atoms with Crippen LogP contribution < -0.4 is 10.1 Å². The fourth-order valence-electron chi connectivity index (χ4n) is 2.69. The van der Waals surface area contributed by atoms with Crippen LogP contribution >= 0.6 is 11.3 Å². The van der Waals surface area contributed by atoms with Crippen LogP contribution in [0.25, 0.3) is 10.2 Å². The van der Waals surface area contributed by atoms with Gasteiger partial charge in [-0.3, -0.25) is 0 Å². The van der Waals surface area contributed by atoms with E-state index in [0.717, 1.165) is 34.5 Å². The fourth-order valence-corrected chi connectivity index (χ4v) is 3.37. The third-order valence-corrected chi connectivity index (χ3v) is 4.62. The Bertz CT molecular complexity index is 623. The van der Waals surface area contributed by atoms with Gasteiger partial charge in [-0.2, -0.15) is 0 Å². The molecule has 0 aliphatic carbocycles. The number of ether oxygens (including phenoxy) is 1. The molecule has 1 aromatic heterocycles. The zero-order chi connectivity index (χ0) is 14.3. The highest BCUT2D eigenvalue weighted by molar-refractivity contribution is 7.16. The minimum Gasteiger partial charge on any atom is -0.482 e. The van der Waals surface area contributed by atoms with Gasteiger partial charge >= 0.3 is 0 Å². The van der Waals surface area contributed by atoms with E-state index in [-0.39, 0.29) is 6.04 Å². The van der Waals surface area contributed by atoms with Crippen LogP contribution in [0.4, 0.5) is 0 Å². The number of nitrogens with zero attached hydrogens (tertiary/aromatic N) is 1. The van der Waals surface area contributed by atoms with Gasteiger partial charge in [-0.1, -0.05) is 13.0 Å². The summed E-state index contributed by atoms with van der Waals surface area (Å²) in [6.45, 7) is 6.83. The molecule has 108 valence electrons. The predicted octanol–water partition coefficient (Wildman–Crippen LogP) is 2.87. The van der Waals surface area contributed by atoms with Gasteiger partial charge in [0.25, 0.3) is 0 Å². The maximum atomic E-state index is 10.6. The molecule has 0 saturated carbocycles. The Labute approximate surface area is 122 Å². The van der Waals surface area contributed by atoms with Crippen LogP contribution in [0, 0.1) is 0 Å². The second-order valence-electron chi connectivity index (χ2n) is 5.77. The predicted molar refractivity (Wildman–Crippen MR) is 81.4 cm³/mol. The summed E-state index contributed by atoms with van der Waals surface area (Å²) in [4.78, 5) is 4.42. The van der Waals surface area contributed by atoms with Gasteiger partial charge in [-0.25, -0.2) is 4.98 Å². The molecule has 1 aliphatic heterocycles. The molecule has 2 atom stereocenters. The van der Waals surface area contributed by atoms with Gasteiger partial charge in [0, 0.05) is 5.56 Å². The van der Waals surface area contributed by atoms with Gasteiger partial charge in [-0.05, 0) is 32.9 Å². The number of hydrogen-bond acceptors (Lipinski definition) is 5. The van der Waals surface area contributed by atoms with E-state index in [4.69, 9.17) is 4.74 Å². The standard InChI is InChI=1S/C15H20N2O2S/c1-4-7-16-11-9-5-6-10-12(17-8-20-10)13(9)19-15(2,3)14(11)18/h5-6,8,11,14,16,18H,4,7H2,1-3H3. The second kappa shape index (κ2) is 4.98. The highest BCUT2D eigenvalue weighted by Crippen LogP contribution is 2.43. The third kappa shape index (κ3) is 2.10. The first kappa shape index (κ1) is 13.8. The molecule has 2 aromatic rings. The van der Waals surface area contributed by atoms with E-state index in [0.29, 0.717) is 0 Å². The first-order chi connectivity index (χ1) is 9.54. The maximum absolute atomic E-state index is 10.6. The molecule has 20 heavy (non-hydrogen) atoms. The number of aromatic nitrogens is 1. The molecule has 2 heterocycles. The van der Waals surface area contributed by atoms with Crippen molar-refractivity contribution in [3.05, 3.63) is 23.2 Å². The molecule has 0 saturated heterocycles. The zero-order valence-electron chi connectivity index (χ0n) is 12.0. The summed E-state index contributed by atoms with van der Waals surface area (Å²) in [5.41, 5.74) is 3.11. The number of nitrogens with one attached hydrogen (secondary N) is 1. The molecule has 5 heteroatoms. The lowest BCUT2D eigenvalue weighted by molar-refractivity contribution is -0.0635. The van der Waals surface area contributed by atoms with E-state index in [1.54, 1.807) is 11.3 Å². The Morgan fingerprint density at radius 1 is 1.45 bits per heavy atom. The normalized spacial score (nSPS) is 24.4. The molecule has 0 amide bonds. The Hall–Kier alpha value is -1.17. The second-order valence-corrected chi connectivity index (χ2v) is 6.65. The molecular weight excluding hydrogens is 272 g/mol. The molecule has 0 bridgehead atoms. The monoisotopic (exact) mass is 292 g/mol. The average molecular weight is 292 g/mol. The van der Waals surface area contributed by atoms with E-state index >= 15 is 0 Å².